The molecule has 0 radical (unpaired) electrons. The first-order chi connectivity index (χ1) is 15.2. The van der Waals surface area contributed by atoms with Crippen LogP contribution in [0.25, 0.3) is 16.6 Å². The summed E-state index contributed by atoms with van der Waals surface area (Å²) in [6, 6.07) is 3.68. The number of hydrogen-bond donors (Lipinski definition) is 2. The fourth-order valence-corrected chi connectivity index (χ4v) is 3.99. The van der Waals surface area contributed by atoms with Crippen LogP contribution in [-0.2, 0) is 0 Å². The third-order valence-corrected chi connectivity index (χ3v) is 5.48. The summed E-state index contributed by atoms with van der Waals surface area (Å²) in [6.45, 7) is 9.50. The van der Waals surface area contributed by atoms with Gasteiger partial charge >= 0.3 is 0 Å². The predicted octanol–water partition coefficient (Wildman–Crippen LogP) is 4.05. The van der Waals surface area contributed by atoms with Crippen LogP contribution < -0.4 is 21.0 Å². The van der Waals surface area contributed by atoms with Gasteiger partial charge in [0.05, 0.1) is 10.9 Å². The first-order valence-corrected chi connectivity index (χ1v) is 10.8. The van der Waals surface area contributed by atoms with Crippen LogP contribution in [0.4, 0.5) is 11.6 Å². The van der Waals surface area contributed by atoms with Crippen LogP contribution in [0.15, 0.2) is 77.9 Å². The Morgan fingerprint density at radius 3 is 2.81 bits per heavy atom. The summed E-state index contributed by atoms with van der Waals surface area (Å²) in [4.78, 5) is 19.9. The third-order valence-electron chi connectivity index (χ3n) is 5.48. The quantitative estimate of drug-likeness (QED) is 0.697. The Balaban J connectivity index is 1.93. The topological polar surface area (TPSA) is 62.2 Å². The zero-order valence-electron chi connectivity index (χ0n) is 18.0. The van der Waals surface area contributed by atoms with E-state index in [0.29, 0.717) is 5.39 Å². The normalized spacial score (nSPS) is 17.3. The largest absolute Gasteiger partial charge is 0.354 e. The van der Waals surface area contributed by atoms with Crippen LogP contribution in [0.2, 0.25) is 0 Å². The van der Waals surface area contributed by atoms with E-state index >= 15 is 0 Å². The van der Waals surface area contributed by atoms with Gasteiger partial charge in [-0.3, -0.25) is 9.36 Å². The molecule has 0 atom stereocenters. The van der Waals surface area contributed by atoms with E-state index in [4.69, 9.17) is 0 Å². The number of pyridine rings is 2. The number of anilines is 2. The number of allylic oxidation sites excluding steroid dienone is 8. The Bertz CT molecular complexity index is 1150. The zero-order chi connectivity index (χ0) is 21.6. The lowest BCUT2D eigenvalue weighted by Gasteiger charge is -2.29. The molecule has 2 aliphatic rings. The van der Waals surface area contributed by atoms with Gasteiger partial charge in [-0.2, -0.15) is 0 Å². The van der Waals surface area contributed by atoms with Crippen molar-refractivity contribution < 1.29 is 0 Å². The molecule has 6 nitrogen and oxygen atoms in total. The van der Waals surface area contributed by atoms with E-state index in [1.54, 1.807) is 18.3 Å². The van der Waals surface area contributed by atoms with Crippen molar-refractivity contribution in [3.05, 3.63) is 83.4 Å². The van der Waals surface area contributed by atoms with Crippen LogP contribution in [0, 0.1) is 0 Å². The van der Waals surface area contributed by atoms with E-state index in [0.717, 1.165) is 67.6 Å². The van der Waals surface area contributed by atoms with Gasteiger partial charge in [0.2, 0.25) is 0 Å². The molecule has 0 spiro atoms. The molecule has 6 heteroatoms. The van der Waals surface area contributed by atoms with E-state index in [1.165, 1.54) is 0 Å². The molecule has 0 unspecified atom stereocenters. The molecule has 1 fully saturated rings. The number of nitrogens with zero attached hydrogens (tertiary/aromatic N) is 3. The highest BCUT2D eigenvalue weighted by Crippen LogP contribution is 2.27. The van der Waals surface area contributed by atoms with Crippen LogP contribution in [0.1, 0.15) is 19.8 Å². The third kappa shape index (κ3) is 4.54. The van der Waals surface area contributed by atoms with E-state index in [-0.39, 0.29) is 5.43 Å². The summed E-state index contributed by atoms with van der Waals surface area (Å²) in [5.74, 6) is 1.61. The molecule has 0 saturated carbocycles. The predicted molar refractivity (Wildman–Crippen MR) is 130 cm³/mol. The molecule has 0 aromatic carbocycles. The van der Waals surface area contributed by atoms with Gasteiger partial charge in [-0.15, -0.1) is 0 Å². The first kappa shape index (κ1) is 20.9. The van der Waals surface area contributed by atoms with Crippen LogP contribution >= 0.6 is 0 Å². The highest BCUT2D eigenvalue weighted by atomic mass is 16.1. The summed E-state index contributed by atoms with van der Waals surface area (Å²) in [6.07, 6.45) is 17.8. The number of fused-ring (bicyclic) bond motifs is 1. The van der Waals surface area contributed by atoms with E-state index < -0.39 is 0 Å². The second kappa shape index (κ2) is 9.62. The molecule has 0 amide bonds. The maximum absolute atomic E-state index is 13.0. The van der Waals surface area contributed by atoms with Crippen LogP contribution in [0.5, 0.6) is 0 Å². The van der Waals surface area contributed by atoms with Crippen molar-refractivity contribution in [3.8, 4) is 0 Å². The molecule has 31 heavy (non-hydrogen) atoms. The van der Waals surface area contributed by atoms with Gasteiger partial charge in [0, 0.05) is 55.9 Å². The lowest BCUT2D eigenvalue weighted by atomic mass is 10.1. The lowest BCUT2D eigenvalue weighted by Crippen LogP contribution is -2.43. The fraction of sp³-hybridized carbons (Fsp3) is 0.280. The smallest absolute Gasteiger partial charge is 0.193 e. The van der Waals surface area contributed by atoms with Crippen molar-refractivity contribution >= 4 is 28.2 Å². The Hall–Kier alpha value is -3.38. The average Bonchev–Trinajstić information content (AvgIpc) is 2.80. The highest BCUT2D eigenvalue weighted by molar-refractivity contribution is 5.88. The van der Waals surface area contributed by atoms with Gasteiger partial charge in [-0.1, -0.05) is 30.9 Å². The average molecular weight is 416 g/mol. The summed E-state index contributed by atoms with van der Waals surface area (Å²) < 4.78 is 2.08. The maximum atomic E-state index is 13.0. The first-order valence-electron chi connectivity index (χ1n) is 10.8. The van der Waals surface area contributed by atoms with Crippen LogP contribution in [-0.4, -0.2) is 35.7 Å². The van der Waals surface area contributed by atoms with Gasteiger partial charge in [-0.05, 0) is 38.0 Å². The van der Waals surface area contributed by atoms with Crippen molar-refractivity contribution in [1.29, 1.82) is 0 Å². The minimum atomic E-state index is -0.0491. The Labute approximate surface area is 183 Å². The van der Waals surface area contributed by atoms with Crippen molar-refractivity contribution in [2.24, 2.45) is 0 Å². The summed E-state index contributed by atoms with van der Waals surface area (Å²) in [5.41, 5.74) is 2.69. The second-order valence-electron chi connectivity index (χ2n) is 7.62. The molecule has 1 aliphatic heterocycles. The zero-order valence-corrected chi connectivity index (χ0v) is 18.0. The minimum Gasteiger partial charge on any atom is -0.354 e. The monoisotopic (exact) mass is 415 g/mol. The van der Waals surface area contributed by atoms with Crippen molar-refractivity contribution in [1.82, 2.24) is 14.9 Å². The van der Waals surface area contributed by atoms with Gasteiger partial charge in [0.15, 0.2) is 5.43 Å². The van der Waals surface area contributed by atoms with Gasteiger partial charge in [0.1, 0.15) is 11.6 Å². The van der Waals surface area contributed by atoms with Crippen LogP contribution in [0.3, 0.4) is 0 Å². The van der Waals surface area contributed by atoms with Crippen molar-refractivity contribution in [2.45, 2.75) is 19.8 Å². The van der Waals surface area contributed by atoms with E-state index in [1.807, 2.05) is 31.2 Å². The number of aromatic nitrogens is 2. The number of rotatable bonds is 6. The van der Waals surface area contributed by atoms with Gasteiger partial charge in [-0.25, -0.2) is 4.98 Å². The van der Waals surface area contributed by atoms with Crippen molar-refractivity contribution in [2.75, 3.05) is 36.4 Å². The molecule has 160 valence electrons. The molecule has 4 rings (SSSR count). The SMILES string of the molecule is C=C/C=C(\C=C/C)n1c(NC2=CCCC=C2)cc(=O)c2cnc(N3CCNCC3)cc21. The standard InChI is InChI=1S/C25H29N5O/c1-3-8-20(9-4-2)30-22-16-24(29-14-12-26-13-15-29)27-18-21(22)23(31)17-25(30)28-19-10-6-5-7-11-19/h3-4,6,8-11,16-18,26,28H,1,5,7,12-15H2,2H3/b9-4-,20-8+. The summed E-state index contributed by atoms with van der Waals surface area (Å²) in [5, 5.41) is 7.43. The Morgan fingerprint density at radius 1 is 1.26 bits per heavy atom. The number of piperazine rings is 1. The molecular formula is C25H29N5O. The Kier molecular flexibility index (Phi) is 6.48. The molecule has 2 N–H and O–H groups in total. The van der Waals surface area contributed by atoms with Crippen molar-refractivity contribution in [3.63, 3.8) is 0 Å². The highest BCUT2D eigenvalue weighted by Gasteiger charge is 2.17. The molecule has 0 bridgehead atoms. The maximum Gasteiger partial charge on any atom is 0.193 e. The number of hydrogen-bond acceptors (Lipinski definition) is 5. The number of nitrogens with one attached hydrogen (secondary N) is 2. The molecule has 2 aromatic heterocycles. The summed E-state index contributed by atoms with van der Waals surface area (Å²) >= 11 is 0. The van der Waals surface area contributed by atoms with Gasteiger partial charge in [0.25, 0.3) is 0 Å². The Morgan fingerprint density at radius 2 is 2.10 bits per heavy atom. The minimum absolute atomic E-state index is 0.0491. The fourth-order valence-electron chi connectivity index (χ4n) is 3.99. The lowest BCUT2D eigenvalue weighted by molar-refractivity contribution is 0.585. The second-order valence-corrected chi connectivity index (χ2v) is 7.62. The summed E-state index contributed by atoms with van der Waals surface area (Å²) in [7, 11) is 0. The van der Waals surface area contributed by atoms with E-state index in [2.05, 4.69) is 49.9 Å². The van der Waals surface area contributed by atoms with E-state index in [9.17, 15) is 4.79 Å². The van der Waals surface area contributed by atoms with Gasteiger partial charge < -0.3 is 15.5 Å². The molecule has 3 heterocycles. The molecule has 2 aromatic rings. The molecule has 1 aliphatic carbocycles. The molecular weight excluding hydrogens is 386 g/mol. The molecule has 1 saturated heterocycles.